The third-order valence-electron chi connectivity index (χ3n) is 5.28. The van der Waals surface area contributed by atoms with Gasteiger partial charge in [0.05, 0.1) is 16.2 Å². The molecule has 0 spiro atoms. The first-order valence-corrected chi connectivity index (χ1v) is 11.1. The van der Waals surface area contributed by atoms with Gasteiger partial charge in [-0.05, 0) is 44.0 Å². The zero-order chi connectivity index (χ0) is 22.3. The van der Waals surface area contributed by atoms with Gasteiger partial charge in [0.25, 0.3) is 11.8 Å². The first-order chi connectivity index (χ1) is 14.8. The Morgan fingerprint density at radius 1 is 1.06 bits per heavy atom. The maximum absolute atomic E-state index is 13.4. The van der Waals surface area contributed by atoms with Crippen LogP contribution < -0.4 is 10.2 Å². The van der Waals surface area contributed by atoms with E-state index in [0.29, 0.717) is 38.3 Å². The number of carbonyl (C=O) groups is 3. The number of thiocarbonyl (C=S) groups is 1. The van der Waals surface area contributed by atoms with Crippen LogP contribution >= 0.6 is 24.0 Å². The van der Waals surface area contributed by atoms with Crippen LogP contribution in [0.4, 0.5) is 11.4 Å². The summed E-state index contributed by atoms with van der Waals surface area (Å²) in [5, 5.41) is 2.90. The molecule has 0 saturated carbocycles. The summed E-state index contributed by atoms with van der Waals surface area (Å²) in [5.74, 6) is -0.939. The summed E-state index contributed by atoms with van der Waals surface area (Å²) in [5.41, 5.74) is 4.25. The average molecular weight is 452 g/mol. The molecule has 0 aliphatic carbocycles. The molecule has 0 aromatic heterocycles. The first kappa shape index (κ1) is 21.3. The molecule has 0 atom stereocenters. The van der Waals surface area contributed by atoms with Gasteiger partial charge in [-0.25, -0.2) is 0 Å². The van der Waals surface area contributed by atoms with Crippen LogP contribution in [0.2, 0.25) is 0 Å². The van der Waals surface area contributed by atoms with Crippen molar-refractivity contribution >= 4 is 63.0 Å². The SMILES string of the molecule is CCN1C(=O)/C(=C2/C(=O)N(CC(=O)Nc3cc(C)ccc3C)c3ccccc32)SC1=S. The molecular weight excluding hydrogens is 430 g/mol. The Hall–Kier alpha value is -2.97. The summed E-state index contributed by atoms with van der Waals surface area (Å²) in [6.45, 7) is 6.00. The van der Waals surface area contributed by atoms with Crippen LogP contribution in [0, 0.1) is 13.8 Å². The van der Waals surface area contributed by atoms with Crippen molar-refractivity contribution in [2.24, 2.45) is 0 Å². The van der Waals surface area contributed by atoms with Gasteiger partial charge in [-0.1, -0.05) is 54.3 Å². The van der Waals surface area contributed by atoms with E-state index in [4.69, 9.17) is 12.2 Å². The molecule has 2 aliphatic rings. The summed E-state index contributed by atoms with van der Waals surface area (Å²) in [4.78, 5) is 42.2. The fourth-order valence-electron chi connectivity index (χ4n) is 3.68. The largest absolute Gasteiger partial charge is 0.324 e. The second-order valence-electron chi connectivity index (χ2n) is 7.40. The van der Waals surface area contributed by atoms with E-state index in [1.165, 1.54) is 9.80 Å². The predicted octanol–water partition coefficient (Wildman–Crippen LogP) is 3.88. The van der Waals surface area contributed by atoms with E-state index in [0.717, 1.165) is 22.9 Å². The normalized spacial score (nSPS) is 18.1. The lowest BCUT2D eigenvalue weighted by Crippen LogP contribution is -2.35. The van der Waals surface area contributed by atoms with E-state index in [2.05, 4.69) is 5.32 Å². The number of rotatable bonds is 4. The highest BCUT2D eigenvalue weighted by molar-refractivity contribution is 8.26. The molecule has 2 heterocycles. The minimum absolute atomic E-state index is 0.152. The molecule has 8 heteroatoms. The number of benzene rings is 2. The molecule has 1 N–H and O–H groups in total. The molecule has 31 heavy (non-hydrogen) atoms. The highest BCUT2D eigenvalue weighted by Crippen LogP contribution is 2.44. The van der Waals surface area contributed by atoms with Crippen LogP contribution in [0.3, 0.4) is 0 Å². The van der Waals surface area contributed by atoms with Gasteiger partial charge in [-0.15, -0.1) is 0 Å². The molecule has 2 aliphatic heterocycles. The average Bonchev–Trinajstić information content (AvgIpc) is 3.17. The molecule has 2 aromatic carbocycles. The van der Waals surface area contributed by atoms with E-state index in [1.54, 1.807) is 12.1 Å². The Kier molecular flexibility index (Phi) is 5.68. The summed E-state index contributed by atoms with van der Waals surface area (Å²) in [6, 6.07) is 13.0. The van der Waals surface area contributed by atoms with Gasteiger partial charge in [0.1, 0.15) is 10.9 Å². The molecule has 1 fully saturated rings. The number of fused-ring (bicyclic) bond motifs is 1. The molecule has 3 amide bonds. The number of amides is 3. The summed E-state index contributed by atoms with van der Waals surface area (Å²) in [7, 11) is 0. The topological polar surface area (TPSA) is 69.7 Å². The number of likely N-dealkylation sites (N-methyl/N-ethyl adjacent to an activating group) is 1. The van der Waals surface area contributed by atoms with Crippen molar-refractivity contribution < 1.29 is 14.4 Å². The molecule has 2 aromatic rings. The summed E-state index contributed by atoms with van der Waals surface area (Å²) in [6.07, 6.45) is 0. The zero-order valence-corrected chi connectivity index (χ0v) is 19.0. The molecule has 158 valence electrons. The molecule has 1 saturated heterocycles. The lowest BCUT2D eigenvalue weighted by atomic mass is 10.1. The van der Waals surface area contributed by atoms with E-state index in [1.807, 2.05) is 51.1 Å². The van der Waals surface area contributed by atoms with Crippen LogP contribution in [0.15, 0.2) is 47.4 Å². The number of hydrogen-bond donors (Lipinski definition) is 1. The number of nitrogens with one attached hydrogen (secondary N) is 1. The van der Waals surface area contributed by atoms with Gasteiger partial charge in [-0.2, -0.15) is 0 Å². The maximum Gasteiger partial charge on any atom is 0.266 e. The molecule has 0 unspecified atom stereocenters. The first-order valence-electron chi connectivity index (χ1n) is 9.88. The minimum Gasteiger partial charge on any atom is -0.324 e. The maximum atomic E-state index is 13.4. The smallest absolute Gasteiger partial charge is 0.266 e. The number of thioether (sulfide) groups is 1. The second kappa shape index (κ2) is 8.28. The molecule has 0 bridgehead atoms. The van der Waals surface area contributed by atoms with Crippen LogP contribution in [-0.2, 0) is 14.4 Å². The number of carbonyl (C=O) groups excluding carboxylic acids is 3. The van der Waals surface area contributed by atoms with Crippen molar-refractivity contribution in [2.45, 2.75) is 20.8 Å². The quantitative estimate of drug-likeness (QED) is 0.564. The van der Waals surface area contributed by atoms with Gasteiger partial charge in [0.15, 0.2) is 0 Å². The van der Waals surface area contributed by atoms with Gasteiger partial charge < -0.3 is 5.32 Å². The Labute approximate surface area is 190 Å². The second-order valence-corrected chi connectivity index (χ2v) is 9.04. The number of anilines is 2. The number of nitrogens with zero attached hydrogens (tertiary/aromatic N) is 2. The van der Waals surface area contributed by atoms with Gasteiger partial charge in [0.2, 0.25) is 5.91 Å². The molecular formula is C23H21N3O3S2. The predicted molar refractivity (Wildman–Crippen MR) is 128 cm³/mol. The monoisotopic (exact) mass is 451 g/mol. The van der Waals surface area contributed by atoms with Crippen LogP contribution in [0.25, 0.3) is 5.57 Å². The standard InChI is InChI=1S/C23H21N3O3S2/c1-4-25-22(29)20(31-23(25)30)19-15-7-5-6-8-17(15)26(21(19)28)12-18(27)24-16-11-13(2)9-10-14(16)3/h5-11H,4,12H2,1-3H3,(H,24,27)/b20-19-. The van der Waals surface area contributed by atoms with Gasteiger partial charge in [-0.3, -0.25) is 24.2 Å². The van der Waals surface area contributed by atoms with E-state index < -0.39 is 0 Å². The highest BCUT2D eigenvalue weighted by atomic mass is 32.2. The Morgan fingerprint density at radius 3 is 2.52 bits per heavy atom. The highest BCUT2D eigenvalue weighted by Gasteiger charge is 2.41. The third-order valence-corrected chi connectivity index (χ3v) is 6.73. The van der Waals surface area contributed by atoms with E-state index in [9.17, 15) is 14.4 Å². The minimum atomic E-state index is -0.367. The number of hydrogen-bond acceptors (Lipinski definition) is 5. The van der Waals surface area contributed by atoms with Crippen molar-refractivity contribution in [1.29, 1.82) is 0 Å². The van der Waals surface area contributed by atoms with E-state index in [-0.39, 0.29) is 24.3 Å². The Morgan fingerprint density at radius 2 is 1.81 bits per heavy atom. The lowest BCUT2D eigenvalue weighted by molar-refractivity contribution is -0.122. The van der Waals surface area contributed by atoms with E-state index >= 15 is 0 Å². The molecule has 6 nitrogen and oxygen atoms in total. The third kappa shape index (κ3) is 3.77. The van der Waals surface area contributed by atoms with Crippen LogP contribution in [0.1, 0.15) is 23.6 Å². The molecule has 4 rings (SSSR count). The van der Waals surface area contributed by atoms with Crippen molar-refractivity contribution in [3.05, 3.63) is 64.1 Å². The Balaban J connectivity index is 1.66. The number of para-hydroxylation sites is 1. The summed E-state index contributed by atoms with van der Waals surface area (Å²) >= 11 is 6.44. The van der Waals surface area contributed by atoms with Crippen LogP contribution in [-0.4, -0.2) is 40.0 Å². The van der Waals surface area contributed by atoms with Crippen molar-refractivity contribution in [3.8, 4) is 0 Å². The summed E-state index contributed by atoms with van der Waals surface area (Å²) < 4.78 is 0.436. The van der Waals surface area contributed by atoms with Crippen molar-refractivity contribution in [2.75, 3.05) is 23.3 Å². The lowest BCUT2D eigenvalue weighted by Gasteiger charge is -2.17. The van der Waals surface area contributed by atoms with Gasteiger partial charge >= 0.3 is 0 Å². The Bertz CT molecular complexity index is 1170. The number of aryl methyl sites for hydroxylation is 2. The van der Waals surface area contributed by atoms with Crippen LogP contribution in [0.5, 0.6) is 0 Å². The zero-order valence-electron chi connectivity index (χ0n) is 17.4. The van der Waals surface area contributed by atoms with Gasteiger partial charge in [0, 0.05) is 17.8 Å². The fourth-order valence-corrected chi connectivity index (χ4v) is 5.14. The van der Waals surface area contributed by atoms with Crippen molar-refractivity contribution in [1.82, 2.24) is 4.90 Å². The molecule has 0 radical (unpaired) electrons. The fraction of sp³-hybridized carbons (Fsp3) is 0.217. The van der Waals surface area contributed by atoms with Crippen molar-refractivity contribution in [3.63, 3.8) is 0 Å².